The molecule has 29 heavy (non-hydrogen) atoms. The summed E-state index contributed by atoms with van der Waals surface area (Å²) in [5.74, 6) is 2.29. The van der Waals surface area contributed by atoms with Gasteiger partial charge in [0.05, 0.1) is 6.20 Å². The van der Waals surface area contributed by atoms with Gasteiger partial charge in [0, 0.05) is 35.6 Å². The first-order valence-corrected chi connectivity index (χ1v) is 9.91. The van der Waals surface area contributed by atoms with E-state index in [4.69, 9.17) is 4.42 Å². The number of H-pyrrole nitrogens is 1. The number of nitrogens with one attached hydrogen (secondary N) is 3. The number of aromatic nitrogens is 2. The molecule has 0 aliphatic carbocycles. The minimum absolute atomic E-state index is 0. The van der Waals surface area contributed by atoms with Gasteiger partial charge in [0.1, 0.15) is 12.3 Å². The number of aryl methyl sites for hydroxylation is 1. The Kier molecular flexibility index (Phi) is 8.13. The molecule has 0 spiro atoms. The average Bonchev–Trinajstić information content (AvgIpc) is 3.26. The van der Waals surface area contributed by atoms with E-state index in [1.165, 1.54) is 22.0 Å². The van der Waals surface area contributed by atoms with Crippen LogP contribution in [0.4, 0.5) is 0 Å². The summed E-state index contributed by atoms with van der Waals surface area (Å²) in [7, 11) is 0. The van der Waals surface area contributed by atoms with Gasteiger partial charge in [0.15, 0.2) is 5.96 Å². The lowest BCUT2D eigenvalue weighted by atomic mass is 9.94. The highest BCUT2D eigenvalue weighted by molar-refractivity contribution is 14.0. The normalized spacial score (nSPS) is 12.1. The predicted molar refractivity (Wildman–Crippen MR) is 130 cm³/mol. The molecule has 0 atom stereocenters. The minimum Gasteiger partial charge on any atom is -0.443 e. The van der Waals surface area contributed by atoms with Gasteiger partial charge >= 0.3 is 0 Å². The van der Waals surface area contributed by atoms with E-state index in [-0.39, 0.29) is 29.4 Å². The van der Waals surface area contributed by atoms with Crippen molar-refractivity contribution in [2.75, 3.05) is 13.1 Å². The van der Waals surface area contributed by atoms with Gasteiger partial charge in [-0.3, -0.25) is 0 Å². The van der Waals surface area contributed by atoms with Crippen molar-refractivity contribution in [1.82, 2.24) is 20.6 Å². The fraction of sp³-hybridized carbons (Fsp3) is 0.455. The molecule has 6 nitrogen and oxygen atoms in total. The quantitative estimate of drug-likeness (QED) is 0.256. The van der Waals surface area contributed by atoms with Gasteiger partial charge in [0.25, 0.3) is 0 Å². The zero-order valence-electron chi connectivity index (χ0n) is 17.9. The highest BCUT2D eigenvalue weighted by Gasteiger charge is 2.19. The summed E-state index contributed by atoms with van der Waals surface area (Å²) in [6, 6.07) is 6.52. The summed E-state index contributed by atoms with van der Waals surface area (Å²) in [5, 5.41) is 7.96. The number of halogens is 1. The molecule has 0 saturated heterocycles. The molecule has 0 bridgehead atoms. The molecular weight excluding hydrogens is 477 g/mol. The number of nitrogens with zero attached hydrogens (tertiary/aromatic N) is 2. The Balaban J connectivity index is 0.00000300. The smallest absolute Gasteiger partial charge is 0.216 e. The highest BCUT2D eigenvalue weighted by Crippen LogP contribution is 2.23. The minimum atomic E-state index is -0.0460. The SMILES string of the molecule is CCNC(=NCc1ncc(C(C)(C)C)o1)NCCc1c[nH]c2cc(C)ccc12.I. The summed E-state index contributed by atoms with van der Waals surface area (Å²) in [6.07, 6.45) is 4.81. The number of rotatable bonds is 6. The molecule has 1 aromatic carbocycles. The third-order valence-corrected chi connectivity index (χ3v) is 4.62. The Hall–Kier alpha value is -2.03. The van der Waals surface area contributed by atoms with Gasteiger partial charge in [-0.05, 0) is 37.5 Å². The van der Waals surface area contributed by atoms with Crippen LogP contribution in [0.3, 0.4) is 0 Å². The van der Waals surface area contributed by atoms with Gasteiger partial charge in [-0.2, -0.15) is 0 Å². The maximum Gasteiger partial charge on any atom is 0.216 e. The second kappa shape index (κ2) is 10.1. The van der Waals surface area contributed by atoms with Crippen LogP contribution in [-0.4, -0.2) is 29.0 Å². The highest BCUT2D eigenvalue weighted by atomic mass is 127. The Labute approximate surface area is 190 Å². The fourth-order valence-electron chi connectivity index (χ4n) is 3.04. The molecular formula is C22H32IN5O. The Morgan fingerprint density at radius 1 is 1.24 bits per heavy atom. The van der Waals surface area contributed by atoms with Gasteiger partial charge in [0.2, 0.25) is 5.89 Å². The maximum absolute atomic E-state index is 5.82. The zero-order valence-corrected chi connectivity index (χ0v) is 20.3. The van der Waals surface area contributed by atoms with E-state index >= 15 is 0 Å². The summed E-state index contributed by atoms with van der Waals surface area (Å²) >= 11 is 0. The lowest BCUT2D eigenvalue weighted by Gasteiger charge is -2.13. The number of fused-ring (bicyclic) bond motifs is 1. The third-order valence-electron chi connectivity index (χ3n) is 4.62. The van der Waals surface area contributed by atoms with Gasteiger partial charge in [-0.15, -0.1) is 24.0 Å². The van der Waals surface area contributed by atoms with Crippen molar-refractivity contribution >= 4 is 40.8 Å². The maximum atomic E-state index is 5.82. The van der Waals surface area contributed by atoms with Gasteiger partial charge in [-0.25, -0.2) is 9.98 Å². The lowest BCUT2D eigenvalue weighted by Crippen LogP contribution is -2.38. The van der Waals surface area contributed by atoms with Crippen LogP contribution in [0.2, 0.25) is 0 Å². The van der Waals surface area contributed by atoms with Crippen LogP contribution in [-0.2, 0) is 18.4 Å². The predicted octanol–water partition coefficient (Wildman–Crippen LogP) is 4.68. The Morgan fingerprint density at radius 3 is 2.72 bits per heavy atom. The number of aromatic amines is 1. The van der Waals surface area contributed by atoms with Gasteiger partial charge in [-0.1, -0.05) is 32.9 Å². The molecule has 2 aromatic heterocycles. The number of benzene rings is 1. The molecule has 3 rings (SSSR count). The van der Waals surface area contributed by atoms with Crippen molar-refractivity contribution in [2.45, 2.75) is 53.0 Å². The number of guanidine groups is 1. The third kappa shape index (κ3) is 6.22. The van der Waals surface area contributed by atoms with Crippen molar-refractivity contribution in [3.05, 3.63) is 53.4 Å². The second-order valence-corrected chi connectivity index (χ2v) is 8.10. The molecule has 3 N–H and O–H groups in total. The molecule has 0 aliphatic rings. The first-order chi connectivity index (χ1) is 13.4. The summed E-state index contributed by atoms with van der Waals surface area (Å²) in [5.41, 5.74) is 3.71. The number of aliphatic imine (C=N–C) groups is 1. The Morgan fingerprint density at radius 2 is 2.03 bits per heavy atom. The van der Waals surface area contributed by atoms with E-state index in [1.54, 1.807) is 6.20 Å². The van der Waals surface area contributed by atoms with Crippen LogP contribution in [0.15, 0.2) is 40.0 Å². The number of oxazole rings is 1. The van der Waals surface area contributed by atoms with Crippen LogP contribution >= 0.6 is 24.0 Å². The van der Waals surface area contributed by atoms with Crippen LogP contribution in [0.25, 0.3) is 10.9 Å². The van der Waals surface area contributed by atoms with Crippen molar-refractivity contribution in [3.63, 3.8) is 0 Å². The summed E-state index contributed by atoms with van der Waals surface area (Å²) < 4.78 is 5.82. The topological polar surface area (TPSA) is 78.2 Å². The van der Waals surface area contributed by atoms with Crippen LogP contribution in [0.1, 0.15) is 50.5 Å². The van der Waals surface area contributed by atoms with Crippen molar-refractivity contribution in [3.8, 4) is 0 Å². The molecule has 0 fully saturated rings. The average molecular weight is 509 g/mol. The standard InChI is InChI=1S/C22H31N5O.HI/c1-6-23-21(27-14-20-26-13-19(28-20)22(3,4)5)24-10-9-16-12-25-18-11-15(2)7-8-17(16)18;/h7-8,11-13,25H,6,9-10,14H2,1-5H3,(H2,23,24,27);1H. The van der Waals surface area contributed by atoms with E-state index in [0.29, 0.717) is 12.4 Å². The van der Waals surface area contributed by atoms with Crippen LogP contribution in [0.5, 0.6) is 0 Å². The van der Waals surface area contributed by atoms with Crippen molar-refractivity contribution in [1.29, 1.82) is 0 Å². The summed E-state index contributed by atoms with van der Waals surface area (Å²) in [4.78, 5) is 12.3. The Bertz CT molecular complexity index is 952. The molecule has 3 aromatic rings. The monoisotopic (exact) mass is 509 g/mol. The first-order valence-electron chi connectivity index (χ1n) is 9.91. The van der Waals surface area contributed by atoms with E-state index in [1.807, 2.05) is 0 Å². The van der Waals surface area contributed by atoms with Crippen molar-refractivity contribution < 1.29 is 4.42 Å². The zero-order chi connectivity index (χ0) is 20.1. The van der Waals surface area contributed by atoms with Crippen LogP contribution in [0, 0.1) is 6.92 Å². The van der Waals surface area contributed by atoms with E-state index in [2.05, 4.69) is 84.6 Å². The number of hydrogen-bond acceptors (Lipinski definition) is 3. The molecule has 0 aliphatic heterocycles. The first kappa shape index (κ1) is 23.3. The molecule has 0 unspecified atom stereocenters. The fourth-order valence-corrected chi connectivity index (χ4v) is 3.04. The molecule has 0 radical (unpaired) electrons. The molecule has 0 amide bonds. The molecule has 7 heteroatoms. The lowest BCUT2D eigenvalue weighted by molar-refractivity contribution is 0.383. The molecule has 158 valence electrons. The summed E-state index contributed by atoms with van der Waals surface area (Å²) in [6.45, 7) is 12.5. The van der Waals surface area contributed by atoms with Gasteiger partial charge < -0.3 is 20.0 Å². The molecule has 2 heterocycles. The second-order valence-electron chi connectivity index (χ2n) is 8.10. The van der Waals surface area contributed by atoms with Crippen molar-refractivity contribution in [2.24, 2.45) is 4.99 Å². The van der Waals surface area contributed by atoms with E-state index in [9.17, 15) is 0 Å². The van der Waals surface area contributed by atoms with E-state index < -0.39 is 0 Å². The van der Waals surface area contributed by atoms with Crippen LogP contribution < -0.4 is 10.6 Å². The largest absolute Gasteiger partial charge is 0.443 e. The molecule has 0 saturated carbocycles. The van der Waals surface area contributed by atoms with E-state index in [0.717, 1.165) is 31.2 Å². The number of hydrogen-bond donors (Lipinski definition) is 3.